The molecule has 8 heteroatoms. The number of urea groups is 1. The first-order chi connectivity index (χ1) is 11.5. The summed E-state index contributed by atoms with van der Waals surface area (Å²) in [6.45, 7) is 2.47. The Morgan fingerprint density at radius 3 is 2.58 bits per heavy atom. The van der Waals surface area contributed by atoms with E-state index in [-0.39, 0.29) is 19.2 Å². The van der Waals surface area contributed by atoms with E-state index >= 15 is 0 Å². The lowest BCUT2D eigenvalue weighted by Crippen LogP contribution is -2.33. The molecule has 1 aliphatic rings. The van der Waals surface area contributed by atoms with Gasteiger partial charge in [-0.2, -0.15) is 0 Å². The summed E-state index contributed by atoms with van der Waals surface area (Å²) in [5.74, 6) is -1.35. The molecule has 1 saturated heterocycles. The topological polar surface area (TPSA) is 105 Å². The third-order valence-corrected chi connectivity index (χ3v) is 3.59. The second-order valence-corrected chi connectivity index (χ2v) is 5.32. The van der Waals surface area contributed by atoms with E-state index in [0.717, 1.165) is 0 Å². The van der Waals surface area contributed by atoms with E-state index in [1.807, 2.05) is 0 Å². The van der Waals surface area contributed by atoms with Gasteiger partial charge in [0, 0.05) is 18.8 Å². The fraction of sp³-hybridized carbons (Fsp3) is 0.438. The minimum atomic E-state index is -0.881. The summed E-state index contributed by atoms with van der Waals surface area (Å²) < 4.78 is 10.0. The number of esters is 1. The highest BCUT2D eigenvalue weighted by Crippen LogP contribution is 2.19. The lowest BCUT2D eigenvalue weighted by atomic mass is 10.1. The number of carboxylic acid groups (broad SMARTS) is 1. The Hall–Kier alpha value is -2.77. The quantitative estimate of drug-likeness (QED) is 0.764. The van der Waals surface area contributed by atoms with Crippen LogP contribution in [0.3, 0.4) is 0 Å². The molecule has 0 saturated carbocycles. The van der Waals surface area contributed by atoms with Crippen molar-refractivity contribution >= 4 is 23.7 Å². The van der Waals surface area contributed by atoms with E-state index in [1.54, 1.807) is 31.2 Å². The molecule has 130 valence electrons. The molecule has 0 radical (unpaired) electrons. The third kappa shape index (κ3) is 4.87. The third-order valence-electron chi connectivity index (χ3n) is 3.59. The highest BCUT2D eigenvalue weighted by molar-refractivity contribution is 5.90. The molecule has 2 N–H and O–H groups in total. The number of nitrogens with one attached hydrogen (secondary N) is 1. The van der Waals surface area contributed by atoms with Gasteiger partial charge in [0.15, 0.2) is 6.61 Å². The van der Waals surface area contributed by atoms with Gasteiger partial charge in [-0.05, 0) is 37.6 Å². The van der Waals surface area contributed by atoms with Crippen LogP contribution in [0, 0.1) is 5.92 Å². The average molecular weight is 336 g/mol. The molecule has 2 rings (SSSR count). The van der Waals surface area contributed by atoms with Crippen LogP contribution in [0.5, 0.6) is 5.75 Å². The molecule has 1 fully saturated rings. The molecule has 0 spiro atoms. The number of hydrogen-bond acceptors (Lipinski definition) is 5. The first kappa shape index (κ1) is 17.6. The van der Waals surface area contributed by atoms with E-state index in [1.165, 1.54) is 4.90 Å². The highest BCUT2D eigenvalue weighted by atomic mass is 16.6. The molecule has 1 aliphatic heterocycles. The molecule has 0 bridgehead atoms. The van der Waals surface area contributed by atoms with Crippen LogP contribution in [-0.2, 0) is 14.3 Å². The molecule has 1 atom stereocenters. The van der Waals surface area contributed by atoms with E-state index in [4.69, 9.17) is 14.6 Å². The smallest absolute Gasteiger partial charge is 0.344 e. The summed E-state index contributed by atoms with van der Waals surface area (Å²) in [5, 5.41) is 11.7. The largest absolute Gasteiger partial charge is 0.482 e. The molecule has 8 nitrogen and oxygen atoms in total. The van der Waals surface area contributed by atoms with Crippen molar-refractivity contribution in [3.63, 3.8) is 0 Å². The zero-order chi connectivity index (χ0) is 17.5. The van der Waals surface area contributed by atoms with Gasteiger partial charge in [0.1, 0.15) is 5.75 Å². The molecule has 24 heavy (non-hydrogen) atoms. The predicted molar refractivity (Wildman–Crippen MR) is 84.9 cm³/mol. The number of aliphatic carboxylic acids is 1. The number of ether oxygens (including phenoxy) is 2. The fourth-order valence-electron chi connectivity index (χ4n) is 2.33. The number of nitrogens with zero attached hydrogens (tertiary/aromatic N) is 1. The van der Waals surface area contributed by atoms with Crippen LogP contribution >= 0.6 is 0 Å². The Morgan fingerprint density at radius 1 is 1.29 bits per heavy atom. The molecule has 0 aromatic heterocycles. The molecular weight excluding hydrogens is 316 g/mol. The number of rotatable bonds is 6. The Labute approximate surface area is 139 Å². The van der Waals surface area contributed by atoms with E-state index in [9.17, 15) is 14.4 Å². The van der Waals surface area contributed by atoms with Crippen molar-refractivity contribution in [1.29, 1.82) is 0 Å². The monoisotopic (exact) mass is 336 g/mol. The Balaban J connectivity index is 1.82. The van der Waals surface area contributed by atoms with Crippen LogP contribution in [0.1, 0.15) is 13.3 Å². The summed E-state index contributed by atoms with van der Waals surface area (Å²) in [5.41, 5.74) is 0.558. The summed E-state index contributed by atoms with van der Waals surface area (Å²) in [6.07, 6.45) is 0.462. The van der Waals surface area contributed by atoms with Crippen molar-refractivity contribution in [3.8, 4) is 5.75 Å². The van der Waals surface area contributed by atoms with Gasteiger partial charge in [-0.3, -0.25) is 4.79 Å². The van der Waals surface area contributed by atoms with Crippen molar-refractivity contribution in [2.45, 2.75) is 13.3 Å². The highest BCUT2D eigenvalue weighted by Gasteiger charge is 2.30. The summed E-state index contributed by atoms with van der Waals surface area (Å²) in [4.78, 5) is 35.7. The minimum absolute atomic E-state index is 0.177. The van der Waals surface area contributed by atoms with Crippen LogP contribution in [0.25, 0.3) is 0 Å². The number of amides is 2. The number of carboxylic acids is 1. The van der Waals surface area contributed by atoms with E-state index in [0.29, 0.717) is 31.0 Å². The van der Waals surface area contributed by atoms with Crippen molar-refractivity contribution in [2.24, 2.45) is 5.92 Å². The van der Waals surface area contributed by atoms with Gasteiger partial charge in [0.05, 0.1) is 12.5 Å². The predicted octanol–water partition coefficient (Wildman–Crippen LogP) is 1.57. The lowest BCUT2D eigenvalue weighted by molar-refractivity contribution is -0.145. The maximum atomic E-state index is 12.1. The minimum Gasteiger partial charge on any atom is -0.482 e. The average Bonchev–Trinajstić information content (AvgIpc) is 3.05. The van der Waals surface area contributed by atoms with Gasteiger partial charge in [0.25, 0.3) is 0 Å². The van der Waals surface area contributed by atoms with Gasteiger partial charge in [-0.15, -0.1) is 0 Å². The number of carbonyl (C=O) groups excluding carboxylic acids is 2. The standard InChI is InChI=1S/C16H20N2O6/c1-2-23-14(19)10-24-13-5-3-12(4-6-13)17-16(22)18-8-7-11(9-18)15(20)21/h3-6,11H,2,7-10H2,1H3,(H,17,22)(H,20,21). The molecule has 1 unspecified atom stereocenters. The maximum Gasteiger partial charge on any atom is 0.344 e. The SMILES string of the molecule is CCOC(=O)COc1ccc(NC(=O)N2CCC(C(=O)O)C2)cc1. The number of anilines is 1. The van der Waals surface area contributed by atoms with Crippen LogP contribution in [0.4, 0.5) is 10.5 Å². The van der Waals surface area contributed by atoms with Crippen molar-refractivity contribution < 1.29 is 29.0 Å². The number of carbonyl (C=O) groups is 3. The van der Waals surface area contributed by atoms with Gasteiger partial charge < -0.3 is 24.8 Å². The van der Waals surface area contributed by atoms with Gasteiger partial charge in [-0.1, -0.05) is 0 Å². The summed E-state index contributed by atoms with van der Waals surface area (Å²) in [6, 6.07) is 6.20. The zero-order valence-corrected chi connectivity index (χ0v) is 13.4. The Morgan fingerprint density at radius 2 is 2.00 bits per heavy atom. The zero-order valence-electron chi connectivity index (χ0n) is 13.4. The molecule has 1 aromatic rings. The maximum absolute atomic E-state index is 12.1. The second-order valence-electron chi connectivity index (χ2n) is 5.32. The van der Waals surface area contributed by atoms with Crippen LogP contribution in [-0.4, -0.2) is 54.3 Å². The van der Waals surface area contributed by atoms with Crippen LogP contribution in [0.2, 0.25) is 0 Å². The van der Waals surface area contributed by atoms with Gasteiger partial charge in [0.2, 0.25) is 0 Å². The summed E-state index contributed by atoms with van der Waals surface area (Å²) >= 11 is 0. The van der Waals surface area contributed by atoms with Crippen LogP contribution in [0.15, 0.2) is 24.3 Å². The second kappa shape index (κ2) is 8.19. The molecule has 1 heterocycles. The first-order valence-electron chi connectivity index (χ1n) is 7.66. The first-order valence-corrected chi connectivity index (χ1v) is 7.66. The molecule has 0 aliphatic carbocycles. The van der Waals surface area contributed by atoms with E-state index < -0.39 is 17.9 Å². The van der Waals surface area contributed by atoms with Crippen molar-refractivity contribution in [1.82, 2.24) is 4.90 Å². The molecular formula is C16H20N2O6. The lowest BCUT2D eigenvalue weighted by Gasteiger charge is -2.17. The summed E-state index contributed by atoms with van der Waals surface area (Å²) in [7, 11) is 0. The normalized spacial score (nSPS) is 16.5. The van der Waals surface area contributed by atoms with Crippen LogP contribution < -0.4 is 10.1 Å². The van der Waals surface area contributed by atoms with Gasteiger partial charge in [-0.25, -0.2) is 9.59 Å². The fourth-order valence-corrected chi connectivity index (χ4v) is 2.33. The Bertz CT molecular complexity index is 601. The number of benzene rings is 1. The number of hydrogen-bond donors (Lipinski definition) is 2. The molecule has 2 amide bonds. The van der Waals surface area contributed by atoms with Crippen molar-refractivity contribution in [3.05, 3.63) is 24.3 Å². The number of likely N-dealkylation sites (tertiary alicyclic amines) is 1. The van der Waals surface area contributed by atoms with Crippen molar-refractivity contribution in [2.75, 3.05) is 31.6 Å². The van der Waals surface area contributed by atoms with Gasteiger partial charge >= 0.3 is 18.0 Å². The molecule has 1 aromatic carbocycles. The Kier molecular flexibility index (Phi) is 6.00. The van der Waals surface area contributed by atoms with E-state index in [2.05, 4.69) is 5.32 Å².